The van der Waals surface area contributed by atoms with Gasteiger partial charge in [0.25, 0.3) is 0 Å². The number of rotatable bonds is 4. The first-order chi connectivity index (χ1) is 6.74. The maximum Gasteiger partial charge on any atom is 0.313 e. The minimum Gasteiger partial charge on any atom is -0.464 e. The highest BCUT2D eigenvalue weighted by molar-refractivity contribution is 5.83. The highest BCUT2D eigenvalue weighted by atomic mass is 16.5. The Kier molecular flexibility index (Phi) is 4.59. The Bertz CT molecular complexity index is 206. The van der Waals surface area contributed by atoms with E-state index in [2.05, 4.69) is 4.90 Å². The third-order valence-corrected chi connectivity index (χ3v) is 2.61. The number of carbonyl (C=O) groups is 2. The number of carbonyl (C=O) groups excluding carboxylic acids is 2. The van der Waals surface area contributed by atoms with Crippen molar-refractivity contribution < 1.29 is 14.3 Å². The Labute approximate surface area is 84.2 Å². The summed E-state index contributed by atoms with van der Waals surface area (Å²) < 4.78 is 4.98. The number of hydrogen-bond donors (Lipinski definition) is 0. The number of nitrogens with zero attached hydrogens (tertiary/aromatic N) is 1. The van der Waals surface area contributed by atoms with Gasteiger partial charge in [-0.05, 0) is 26.4 Å². The Hall–Kier alpha value is -0.900. The second kappa shape index (κ2) is 5.75. The van der Waals surface area contributed by atoms with Crippen molar-refractivity contribution in [2.45, 2.75) is 31.7 Å². The molecule has 0 radical (unpaired) electrons. The largest absolute Gasteiger partial charge is 0.464 e. The summed E-state index contributed by atoms with van der Waals surface area (Å²) in [5.74, 6) is -0.418. The molecule has 14 heavy (non-hydrogen) atoms. The van der Waals surface area contributed by atoms with E-state index in [9.17, 15) is 9.59 Å². The maximum atomic E-state index is 10.9. The molecule has 0 aromatic rings. The molecule has 80 valence electrons. The lowest BCUT2D eigenvalue weighted by Gasteiger charge is -2.31. The van der Waals surface area contributed by atoms with Crippen LogP contribution in [0.1, 0.15) is 25.7 Å². The molecular formula is C10H17NO3. The summed E-state index contributed by atoms with van der Waals surface area (Å²) in [6.45, 7) is 1.49. The molecule has 1 rings (SSSR count). The van der Waals surface area contributed by atoms with Gasteiger partial charge in [0.15, 0.2) is 0 Å². The van der Waals surface area contributed by atoms with Crippen LogP contribution in [0, 0.1) is 0 Å². The molecule has 0 aromatic carbocycles. The molecule has 0 aliphatic carbocycles. The van der Waals surface area contributed by atoms with E-state index in [0.717, 1.165) is 13.0 Å². The predicted octanol–water partition coefficient (Wildman–Crippen LogP) is 0.603. The van der Waals surface area contributed by atoms with Crippen molar-refractivity contribution in [3.05, 3.63) is 0 Å². The van der Waals surface area contributed by atoms with Crippen molar-refractivity contribution in [2.75, 3.05) is 20.2 Å². The summed E-state index contributed by atoms with van der Waals surface area (Å²) in [4.78, 5) is 23.1. The van der Waals surface area contributed by atoms with Gasteiger partial charge in [-0.3, -0.25) is 4.79 Å². The van der Waals surface area contributed by atoms with Gasteiger partial charge in [0, 0.05) is 6.04 Å². The fourth-order valence-corrected chi connectivity index (χ4v) is 1.67. The summed E-state index contributed by atoms with van der Waals surface area (Å²) in [6.07, 6.45) is 3.93. The molecule has 1 fully saturated rings. The van der Waals surface area contributed by atoms with Crippen LogP contribution < -0.4 is 0 Å². The highest BCUT2D eigenvalue weighted by Crippen LogP contribution is 2.14. The first kappa shape index (κ1) is 11.2. The van der Waals surface area contributed by atoms with Crippen molar-refractivity contribution in [1.29, 1.82) is 0 Å². The SMILES string of the molecule is CN1CCCCC1COC(=O)CC=O. The van der Waals surface area contributed by atoms with E-state index in [-0.39, 0.29) is 6.42 Å². The Morgan fingerprint density at radius 3 is 3.00 bits per heavy atom. The smallest absolute Gasteiger partial charge is 0.313 e. The molecule has 0 amide bonds. The summed E-state index contributed by atoms with van der Waals surface area (Å²) in [6, 6.07) is 0.333. The Morgan fingerprint density at radius 2 is 2.36 bits per heavy atom. The van der Waals surface area contributed by atoms with Gasteiger partial charge < -0.3 is 14.4 Å². The molecule has 0 saturated carbocycles. The minimum atomic E-state index is -0.418. The zero-order valence-corrected chi connectivity index (χ0v) is 8.57. The van der Waals surface area contributed by atoms with Crippen LogP contribution in [0.3, 0.4) is 0 Å². The van der Waals surface area contributed by atoms with E-state index in [1.165, 1.54) is 12.8 Å². The Balaban J connectivity index is 2.22. The van der Waals surface area contributed by atoms with Crippen LogP contribution in [0.15, 0.2) is 0 Å². The molecule has 0 aromatic heterocycles. The fourth-order valence-electron chi connectivity index (χ4n) is 1.67. The molecule has 1 aliphatic rings. The molecule has 1 unspecified atom stereocenters. The molecule has 1 atom stereocenters. The van der Waals surface area contributed by atoms with Crippen LogP contribution in [0.4, 0.5) is 0 Å². The van der Waals surface area contributed by atoms with Crippen molar-refractivity contribution in [3.8, 4) is 0 Å². The lowest BCUT2D eigenvalue weighted by molar-refractivity contribution is -0.146. The zero-order valence-electron chi connectivity index (χ0n) is 8.57. The first-order valence-electron chi connectivity index (χ1n) is 5.03. The van der Waals surface area contributed by atoms with Gasteiger partial charge in [0.2, 0.25) is 0 Å². The van der Waals surface area contributed by atoms with Crippen LogP contribution in [-0.4, -0.2) is 43.4 Å². The molecule has 1 saturated heterocycles. The van der Waals surface area contributed by atoms with E-state index in [1.54, 1.807) is 0 Å². The number of ether oxygens (including phenoxy) is 1. The van der Waals surface area contributed by atoms with E-state index >= 15 is 0 Å². The van der Waals surface area contributed by atoms with Gasteiger partial charge >= 0.3 is 5.97 Å². The Morgan fingerprint density at radius 1 is 1.57 bits per heavy atom. The van der Waals surface area contributed by atoms with Gasteiger partial charge in [-0.25, -0.2) is 0 Å². The van der Waals surface area contributed by atoms with Crippen LogP contribution >= 0.6 is 0 Å². The molecular weight excluding hydrogens is 182 g/mol. The van der Waals surface area contributed by atoms with Crippen molar-refractivity contribution in [3.63, 3.8) is 0 Å². The number of hydrogen-bond acceptors (Lipinski definition) is 4. The first-order valence-corrected chi connectivity index (χ1v) is 5.03. The van der Waals surface area contributed by atoms with E-state index in [0.29, 0.717) is 18.9 Å². The normalized spacial score (nSPS) is 23.1. The quantitative estimate of drug-likeness (QED) is 0.378. The lowest BCUT2D eigenvalue weighted by Crippen LogP contribution is -2.39. The minimum absolute atomic E-state index is 0.129. The molecule has 0 N–H and O–H groups in total. The van der Waals surface area contributed by atoms with Gasteiger partial charge in [0.05, 0.1) is 0 Å². The fraction of sp³-hybridized carbons (Fsp3) is 0.800. The van der Waals surface area contributed by atoms with Gasteiger partial charge in [-0.1, -0.05) is 6.42 Å². The van der Waals surface area contributed by atoms with Gasteiger partial charge in [-0.2, -0.15) is 0 Å². The van der Waals surface area contributed by atoms with Crippen molar-refractivity contribution in [1.82, 2.24) is 4.90 Å². The maximum absolute atomic E-state index is 10.9. The number of aldehydes is 1. The van der Waals surface area contributed by atoms with E-state index < -0.39 is 5.97 Å². The standard InChI is InChI=1S/C10H17NO3/c1-11-6-3-2-4-9(11)8-14-10(13)5-7-12/h7,9H,2-6,8H2,1H3. The number of piperidine rings is 1. The molecule has 0 spiro atoms. The van der Waals surface area contributed by atoms with Gasteiger partial charge in [-0.15, -0.1) is 0 Å². The van der Waals surface area contributed by atoms with Crippen LogP contribution in [0.25, 0.3) is 0 Å². The summed E-state index contributed by atoms with van der Waals surface area (Å²) in [5.41, 5.74) is 0. The monoisotopic (exact) mass is 199 g/mol. The van der Waals surface area contributed by atoms with Crippen molar-refractivity contribution in [2.24, 2.45) is 0 Å². The zero-order chi connectivity index (χ0) is 10.4. The number of esters is 1. The van der Waals surface area contributed by atoms with E-state index in [4.69, 9.17) is 4.74 Å². The van der Waals surface area contributed by atoms with Crippen LogP contribution in [0.5, 0.6) is 0 Å². The second-order valence-corrected chi connectivity index (χ2v) is 3.68. The topological polar surface area (TPSA) is 46.6 Å². The third kappa shape index (κ3) is 3.46. The summed E-state index contributed by atoms with van der Waals surface area (Å²) >= 11 is 0. The predicted molar refractivity (Wildman–Crippen MR) is 51.9 cm³/mol. The van der Waals surface area contributed by atoms with Crippen molar-refractivity contribution >= 4 is 12.3 Å². The average Bonchev–Trinajstić information content (AvgIpc) is 2.17. The van der Waals surface area contributed by atoms with Crippen LogP contribution in [0.2, 0.25) is 0 Å². The van der Waals surface area contributed by atoms with Gasteiger partial charge in [0.1, 0.15) is 19.3 Å². The van der Waals surface area contributed by atoms with Crippen LogP contribution in [-0.2, 0) is 14.3 Å². The molecule has 0 bridgehead atoms. The highest BCUT2D eigenvalue weighted by Gasteiger charge is 2.19. The lowest BCUT2D eigenvalue weighted by atomic mass is 10.0. The van der Waals surface area contributed by atoms with E-state index in [1.807, 2.05) is 7.05 Å². The molecule has 1 aliphatic heterocycles. The second-order valence-electron chi connectivity index (χ2n) is 3.68. The third-order valence-electron chi connectivity index (χ3n) is 2.61. The molecule has 1 heterocycles. The average molecular weight is 199 g/mol. The summed E-state index contributed by atoms with van der Waals surface area (Å²) in [7, 11) is 2.04. The summed E-state index contributed by atoms with van der Waals surface area (Å²) in [5, 5.41) is 0. The number of likely N-dealkylation sites (N-methyl/N-ethyl adjacent to an activating group) is 1. The molecule has 4 nitrogen and oxygen atoms in total. The molecule has 4 heteroatoms. The number of likely N-dealkylation sites (tertiary alicyclic amines) is 1.